The molecule has 172 valence electrons. The van der Waals surface area contributed by atoms with Gasteiger partial charge in [0, 0.05) is 11.3 Å². The van der Waals surface area contributed by atoms with Gasteiger partial charge in [-0.3, -0.25) is 4.57 Å². The predicted octanol–water partition coefficient (Wildman–Crippen LogP) is 6.16. The van der Waals surface area contributed by atoms with Gasteiger partial charge in [-0.05, 0) is 48.5 Å². The van der Waals surface area contributed by atoms with Gasteiger partial charge >= 0.3 is 0 Å². The maximum Gasteiger partial charge on any atom is 0.216 e. The molecule has 0 amide bonds. The largest absolute Gasteiger partial charge is 0.296 e. The Balaban J connectivity index is 1.72. The fourth-order valence-electron chi connectivity index (χ4n) is 4.90. The smallest absolute Gasteiger partial charge is 0.216 e. The molecule has 0 unspecified atom stereocenters. The molecule has 6 aromatic rings. The second-order valence-electron chi connectivity index (χ2n) is 8.67. The Morgan fingerprint density at radius 2 is 0.833 bits per heavy atom. The van der Waals surface area contributed by atoms with E-state index < -0.39 is 7.26 Å². The second kappa shape index (κ2) is 9.77. The third-order valence-corrected chi connectivity index (χ3v) is 10.7. The first-order chi connectivity index (χ1) is 17.9. The molecule has 0 aliphatic heterocycles. The van der Waals surface area contributed by atoms with Crippen LogP contribution < -0.4 is 21.3 Å². The summed E-state index contributed by atoms with van der Waals surface area (Å²) in [6.07, 6.45) is 2.26. The number of rotatable bonds is 6. The van der Waals surface area contributed by atoms with Gasteiger partial charge in [0.1, 0.15) is 21.7 Å². The molecule has 3 heteroatoms. The molecular weight excluding hydrogens is 455 g/mol. The molecule has 36 heavy (non-hydrogen) atoms. The number of nitrogens with zero attached hydrogens (tertiary/aromatic N) is 2. The maximum absolute atomic E-state index is 5.47. The molecule has 2 nitrogen and oxygen atoms in total. The van der Waals surface area contributed by atoms with Crippen molar-refractivity contribution in [3.8, 4) is 17.1 Å². The van der Waals surface area contributed by atoms with Crippen LogP contribution in [0.3, 0.4) is 0 Å². The number of hydrogen-bond donors (Lipinski definition) is 0. The average molecular weight is 482 g/mol. The lowest BCUT2D eigenvalue weighted by Gasteiger charge is -2.25. The van der Waals surface area contributed by atoms with Gasteiger partial charge in [-0.15, -0.1) is 0 Å². The van der Waals surface area contributed by atoms with Gasteiger partial charge < -0.3 is 0 Å². The zero-order chi connectivity index (χ0) is 24.2. The summed E-state index contributed by atoms with van der Waals surface area (Å²) in [6, 6.07) is 53.7. The Labute approximate surface area is 212 Å². The van der Waals surface area contributed by atoms with Crippen LogP contribution in [0.15, 0.2) is 158 Å². The number of para-hydroxylation sites is 1. The highest BCUT2D eigenvalue weighted by Crippen LogP contribution is 2.54. The molecule has 0 fully saturated rings. The van der Waals surface area contributed by atoms with Crippen LogP contribution in [0.25, 0.3) is 17.1 Å². The van der Waals surface area contributed by atoms with Crippen molar-refractivity contribution in [3.05, 3.63) is 158 Å². The minimum atomic E-state index is -2.28. The van der Waals surface area contributed by atoms with Crippen molar-refractivity contribution in [2.45, 2.75) is 0 Å². The predicted molar refractivity (Wildman–Crippen MR) is 154 cm³/mol. The molecule has 1 aromatic heterocycles. The zero-order valence-electron chi connectivity index (χ0n) is 19.9. The standard InChI is InChI=1S/C33H26N2P/c1-6-16-27(17-7-1)33-34-32(26-35(33)28-18-8-2-9-19-28)36(29-20-10-3-11-21-29,30-22-12-4-13-23-30)31-24-14-5-15-25-31/h1-26H/q+1. The monoisotopic (exact) mass is 481 g/mol. The van der Waals surface area contributed by atoms with Crippen LogP contribution in [-0.2, 0) is 0 Å². The first-order valence-corrected chi connectivity index (χ1v) is 13.9. The average Bonchev–Trinajstić information content (AvgIpc) is 3.42. The van der Waals surface area contributed by atoms with Crippen molar-refractivity contribution in [2.24, 2.45) is 0 Å². The molecule has 0 radical (unpaired) electrons. The Bertz CT molecular complexity index is 1390. The van der Waals surface area contributed by atoms with Crippen LogP contribution in [-0.4, -0.2) is 9.55 Å². The fraction of sp³-hybridized carbons (Fsp3) is 0. The molecule has 0 saturated carbocycles. The van der Waals surface area contributed by atoms with E-state index in [1.807, 2.05) is 0 Å². The summed E-state index contributed by atoms with van der Waals surface area (Å²) in [6.45, 7) is 0. The SMILES string of the molecule is c1ccc(-c2nc([P+](c3ccccc3)(c3ccccc3)c3ccccc3)cn2-c2ccccc2)cc1. The summed E-state index contributed by atoms with van der Waals surface area (Å²) in [4.78, 5) is 5.47. The molecule has 5 aromatic carbocycles. The van der Waals surface area contributed by atoms with Crippen LogP contribution >= 0.6 is 7.26 Å². The summed E-state index contributed by atoms with van der Waals surface area (Å²) in [7, 11) is -2.28. The molecule has 0 aliphatic carbocycles. The Morgan fingerprint density at radius 1 is 0.444 bits per heavy atom. The van der Waals surface area contributed by atoms with E-state index in [1.165, 1.54) is 15.9 Å². The van der Waals surface area contributed by atoms with Crippen molar-refractivity contribution in [1.29, 1.82) is 0 Å². The lowest BCUT2D eigenvalue weighted by Crippen LogP contribution is -2.39. The summed E-state index contributed by atoms with van der Waals surface area (Å²) in [5.74, 6) is 0.948. The highest BCUT2D eigenvalue weighted by atomic mass is 31.2. The van der Waals surface area contributed by atoms with E-state index >= 15 is 0 Å². The number of benzene rings is 5. The molecule has 0 aliphatic rings. The van der Waals surface area contributed by atoms with Gasteiger partial charge in [-0.25, -0.2) is 0 Å². The van der Waals surface area contributed by atoms with Gasteiger partial charge in [0.15, 0.2) is 7.26 Å². The topological polar surface area (TPSA) is 17.8 Å². The van der Waals surface area contributed by atoms with Crippen LogP contribution in [0.1, 0.15) is 0 Å². The van der Waals surface area contributed by atoms with Crippen molar-refractivity contribution in [1.82, 2.24) is 9.55 Å². The van der Waals surface area contributed by atoms with Gasteiger partial charge in [0.25, 0.3) is 0 Å². The lowest BCUT2D eigenvalue weighted by atomic mass is 10.2. The summed E-state index contributed by atoms with van der Waals surface area (Å²) in [5.41, 5.74) is 3.29. The molecule has 0 N–H and O–H groups in total. The summed E-state index contributed by atoms with van der Waals surface area (Å²) >= 11 is 0. The van der Waals surface area contributed by atoms with E-state index in [2.05, 4.69) is 162 Å². The maximum atomic E-state index is 5.47. The highest BCUT2D eigenvalue weighted by molar-refractivity contribution is 8.01. The second-order valence-corrected chi connectivity index (χ2v) is 12.0. The van der Waals surface area contributed by atoms with Crippen molar-refractivity contribution in [2.75, 3.05) is 0 Å². The summed E-state index contributed by atoms with van der Waals surface area (Å²) in [5, 5.41) is 3.87. The third kappa shape index (κ3) is 3.86. The molecule has 0 spiro atoms. The van der Waals surface area contributed by atoms with E-state index in [0.717, 1.165) is 22.5 Å². The van der Waals surface area contributed by atoms with E-state index in [4.69, 9.17) is 4.98 Å². The highest BCUT2D eigenvalue weighted by Gasteiger charge is 2.50. The quantitative estimate of drug-likeness (QED) is 0.261. The Hall–Kier alpha value is -4.26. The molecule has 0 saturated heterocycles. The summed E-state index contributed by atoms with van der Waals surface area (Å²) < 4.78 is 2.24. The van der Waals surface area contributed by atoms with Gasteiger partial charge in [0.2, 0.25) is 5.44 Å². The van der Waals surface area contributed by atoms with Crippen LogP contribution in [0, 0.1) is 0 Å². The Morgan fingerprint density at radius 3 is 1.28 bits per heavy atom. The van der Waals surface area contributed by atoms with Crippen LogP contribution in [0.4, 0.5) is 0 Å². The minimum Gasteiger partial charge on any atom is -0.296 e. The van der Waals surface area contributed by atoms with Crippen molar-refractivity contribution in [3.63, 3.8) is 0 Å². The fourth-order valence-corrected chi connectivity index (χ4v) is 8.98. The van der Waals surface area contributed by atoms with E-state index in [-0.39, 0.29) is 0 Å². The molecule has 0 atom stereocenters. The minimum absolute atomic E-state index is 0.948. The molecular formula is C33H26N2P+. The van der Waals surface area contributed by atoms with Crippen LogP contribution in [0.2, 0.25) is 0 Å². The van der Waals surface area contributed by atoms with Gasteiger partial charge in [-0.2, -0.15) is 4.98 Å². The lowest BCUT2D eigenvalue weighted by molar-refractivity contribution is 1.07. The van der Waals surface area contributed by atoms with E-state index in [9.17, 15) is 0 Å². The molecule has 0 bridgehead atoms. The number of imidazole rings is 1. The first-order valence-electron chi connectivity index (χ1n) is 12.1. The normalized spacial score (nSPS) is 11.3. The van der Waals surface area contributed by atoms with Gasteiger partial charge in [-0.1, -0.05) is 103 Å². The number of hydrogen-bond acceptors (Lipinski definition) is 1. The zero-order valence-corrected chi connectivity index (χ0v) is 20.7. The Kier molecular flexibility index (Phi) is 6.03. The van der Waals surface area contributed by atoms with Crippen molar-refractivity contribution < 1.29 is 0 Å². The van der Waals surface area contributed by atoms with Crippen molar-refractivity contribution >= 4 is 28.6 Å². The third-order valence-electron chi connectivity index (χ3n) is 6.53. The van der Waals surface area contributed by atoms with E-state index in [0.29, 0.717) is 0 Å². The van der Waals surface area contributed by atoms with Crippen LogP contribution in [0.5, 0.6) is 0 Å². The van der Waals surface area contributed by atoms with Gasteiger partial charge in [0.05, 0.1) is 6.20 Å². The molecule has 1 heterocycles. The first kappa shape index (κ1) is 22.2. The molecule has 6 rings (SSSR count). The number of aromatic nitrogens is 2. The van der Waals surface area contributed by atoms with E-state index in [1.54, 1.807) is 0 Å².